The van der Waals surface area contributed by atoms with Gasteiger partial charge in [-0.25, -0.2) is 4.79 Å². The molecular formula is C17H21BrF3NO3. The smallest absolute Gasteiger partial charge is 0.408 e. The number of ether oxygens (including phenoxy) is 1. The molecule has 1 atom stereocenters. The standard InChI is InChI=1S/C17H21BrF3NO3/c1-16(2,17(19,20)21)9-8-13(14(23)10-18)22-15(24)25-11-12-6-4-3-5-7-12/h3-7,13H,8-11H2,1-2H3,(H,22,24)/t13-/m0/s1. The van der Waals surface area contributed by atoms with Crippen LogP contribution in [0.2, 0.25) is 0 Å². The predicted octanol–water partition coefficient (Wildman–Crippen LogP) is 4.61. The van der Waals surface area contributed by atoms with Gasteiger partial charge in [-0.3, -0.25) is 4.79 Å². The Balaban J connectivity index is 2.61. The highest BCUT2D eigenvalue weighted by molar-refractivity contribution is 9.09. The van der Waals surface area contributed by atoms with Crippen molar-refractivity contribution < 1.29 is 27.5 Å². The largest absolute Gasteiger partial charge is 0.445 e. The molecule has 0 saturated carbocycles. The number of Topliss-reactive ketones (excluding diaryl/α,β-unsaturated/α-hetero) is 1. The van der Waals surface area contributed by atoms with Gasteiger partial charge in [0.25, 0.3) is 0 Å². The lowest BCUT2D eigenvalue weighted by Crippen LogP contribution is -2.43. The van der Waals surface area contributed by atoms with Crippen LogP contribution < -0.4 is 5.32 Å². The second kappa shape index (κ2) is 9.22. The maximum Gasteiger partial charge on any atom is 0.408 e. The van der Waals surface area contributed by atoms with Crippen LogP contribution in [0.25, 0.3) is 0 Å². The number of nitrogens with one attached hydrogen (secondary N) is 1. The Hall–Kier alpha value is -1.57. The Morgan fingerprint density at radius 3 is 2.32 bits per heavy atom. The molecule has 1 amide bonds. The lowest BCUT2D eigenvalue weighted by Gasteiger charge is -2.29. The quantitative estimate of drug-likeness (QED) is 0.620. The molecule has 0 fully saturated rings. The number of carbonyl (C=O) groups excluding carboxylic acids is 2. The Bertz CT molecular complexity index is 576. The number of amides is 1. The zero-order valence-electron chi connectivity index (χ0n) is 14.0. The van der Waals surface area contributed by atoms with E-state index < -0.39 is 29.5 Å². The predicted molar refractivity (Wildman–Crippen MR) is 91.4 cm³/mol. The maximum atomic E-state index is 12.9. The summed E-state index contributed by atoms with van der Waals surface area (Å²) < 4.78 is 43.8. The van der Waals surface area contributed by atoms with Gasteiger partial charge in [0.15, 0.2) is 5.78 Å². The lowest BCUT2D eigenvalue weighted by molar-refractivity contribution is -0.214. The molecule has 0 spiro atoms. The molecule has 1 N–H and O–H groups in total. The average Bonchev–Trinajstić information content (AvgIpc) is 2.56. The molecule has 0 saturated heterocycles. The van der Waals surface area contributed by atoms with E-state index in [1.54, 1.807) is 24.3 Å². The van der Waals surface area contributed by atoms with Crippen molar-refractivity contribution in [1.82, 2.24) is 5.32 Å². The van der Waals surface area contributed by atoms with E-state index in [9.17, 15) is 22.8 Å². The van der Waals surface area contributed by atoms with Crippen LogP contribution in [0.5, 0.6) is 0 Å². The van der Waals surface area contributed by atoms with Gasteiger partial charge in [-0.2, -0.15) is 13.2 Å². The van der Waals surface area contributed by atoms with Crippen molar-refractivity contribution in [3.8, 4) is 0 Å². The van der Waals surface area contributed by atoms with Crippen LogP contribution in [0.15, 0.2) is 30.3 Å². The van der Waals surface area contributed by atoms with Gasteiger partial charge in [0.1, 0.15) is 6.61 Å². The van der Waals surface area contributed by atoms with Crippen LogP contribution >= 0.6 is 15.9 Å². The van der Waals surface area contributed by atoms with Crippen LogP contribution in [0.4, 0.5) is 18.0 Å². The Morgan fingerprint density at radius 2 is 1.80 bits per heavy atom. The highest BCUT2D eigenvalue weighted by atomic mass is 79.9. The van der Waals surface area contributed by atoms with Crippen molar-refractivity contribution in [3.05, 3.63) is 35.9 Å². The van der Waals surface area contributed by atoms with Crippen LogP contribution in [0.3, 0.4) is 0 Å². The van der Waals surface area contributed by atoms with Crippen LogP contribution in [0.1, 0.15) is 32.3 Å². The molecule has 0 aliphatic rings. The molecule has 1 rings (SSSR count). The maximum absolute atomic E-state index is 12.9. The van der Waals surface area contributed by atoms with E-state index in [2.05, 4.69) is 21.2 Å². The summed E-state index contributed by atoms with van der Waals surface area (Å²) in [5, 5.41) is 2.29. The van der Waals surface area contributed by atoms with Gasteiger partial charge >= 0.3 is 12.3 Å². The number of rotatable bonds is 8. The molecule has 0 bridgehead atoms. The minimum atomic E-state index is -4.39. The van der Waals surface area contributed by atoms with Gasteiger partial charge in [0.05, 0.1) is 16.8 Å². The molecule has 25 heavy (non-hydrogen) atoms. The molecule has 1 aromatic rings. The summed E-state index contributed by atoms with van der Waals surface area (Å²) in [6.07, 6.45) is -5.65. The summed E-state index contributed by atoms with van der Waals surface area (Å²) in [5.74, 6) is -0.408. The van der Waals surface area contributed by atoms with Crippen molar-refractivity contribution in [1.29, 1.82) is 0 Å². The van der Waals surface area contributed by atoms with Crippen LogP contribution in [0, 0.1) is 5.41 Å². The molecule has 140 valence electrons. The first kappa shape index (κ1) is 21.5. The fourth-order valence-electron chi connectivity index (χ4n) is 1.96. The number of hydrogen-bond acceptors (Lipinski definition) is 3. The molecule has 0 heterocycles. The van der Waals surface area contributed by atoms with Gasteiger partial charge in [0.2, 0.25) is 0 Å². The molecule has 0 unspecified atom stereocenters. The Morgan fingerprint density at radius 1 is 1.20 bits per heavy atom. The molecule has 0 aromatic heterocycles. The SMILES string of the molecule is CC(C)(CC[C@H](NC(=O)OCc1ccccc1)C(=O)CBr)C(F)(F)F. The molecule has 1 aromatic carbocycles. The Labute approximate surface area is 153 Å². The third-order valence-corrected chi connectivity index (χ3v) is 4.40. The van der Waals surface area contributed by atoms with Gasteiger partial charge in [-0.1, -0.05) is 60.1 Å². The number of ketones is 1. The van der Waals surface area contributed by atoms with E-state index in [4.69, 9.17) is 4.74 Å². The lowest BCUT2D eigenvalue weighted by atomic mass is 9.85. The van der Waals surface area contributed by atoms with Gasteiger partial charge < -0.3 is 10.1 Å². The van der Waals surface area contributed by atoms with E-state index in [0.29, 0.717) is 0 Å². The fraction of sp³-hybridized carbons (Fsp3) is 0.529. The highest BCUT2D eigenvalue weighted by Gasteiger charge is 2.47. The number of benzene rings is 1. The highest BCUT2D eigenvalue weighted by Crippen LogP contribution is 2.41. The van der Waals surface area contributed by atoms with Crippen molar-refractivity contribution >= 4 is 27.8 Å². The summed E-state index contributed by atoms with van der Waals surface area (Å²) >= 11 is 2.98. The van der Waals surface area contributed by atoms with E-state index in [1.165, 1.54) is 0 Å². The van der Waals surface area contributed by atoms with Gasteiger partial charge in [0, 0.05) is 0 Å². The monoisotopic (exact) mass is 423 g/mol. The van der Waals surface area contributed by atoms with Crippen molar-refractivity contribution in [2.75, 3.05) is 5.33 Å². The Kier molecular flexibility index (Phi) is 7.92. The second-order valence-electron chi connectivity index (χ2n) is 6.28. The molecular weight excluding hydrogens is 403 g/mol. The average molecular weight is 424 g/mol. The minimum Gasteiger partial charge on any atom is -0.445 e. The van der Waals surface area contributed by atoms with Gasteiger partial charge in [-0.15, -0.1) is 0 Å². The number of alkyl carbamates (subject to hydrolysis) is 1. The van der Waals surface area contributed by atoms with Crippen LogP contribution in [-0.2, 0) is 16.1 Å². The minimum absolute atomic E-state index is 0.00986. The number of carbonyl (C=O) groups is 2. The van der Waals surface area contributed by atoms with E-state index in [1.807, 2.05) is 6.07 Å². The summed E-state index contributed by atoms with van der Waals surface area (Å²) in [7, 11) is 0. The van der Waals surface area contributed by atoms with E-state index in [-0.39, 0.29) is 24.8 Å². The number of alkyl halides is 4. The second-order valence-corrected chi connectivity index (χ2v) is 6.84. The summed E-state index contributed by atoms with van der Waals surface area (Å²) in [6.45, 7) is 2.14. The first-order chi connectivity index (χ1) is 11.6. The molecule has 8 heteroatoms. The molecule has 4 nitrogen and oxygen atoms in total. The molecule has 0 radical (unpaired) electrons. The van der Waals surface area contributed by atoms with Crippen molar-refractivity contribution in [2.45, 2.75) is 45.5 Å². The third kappa shape index (κ3) is 7.05. The first-order valence-corrected chi connectivity index (χ1v) is 8.81. The number of hydrogen-bond donors (Lipinski definition) is 1. The molecule has 0 aliphatic heterocycles. The number of halogens is 4. The van der Waals surface area contributed by atoms with E-state index >= 15 is 0 Å². The van der Waals surface area contributed by atoms with Crippen molar-refractivity contribution in [3.63, 3.8) is 0 Å². The summed E-state index contributed by atoms with van der Waals surface area (Å²) in [4.78, 5) is 23.7. The van der Waals surface area contributed by atoms with E-state index in [0.717, 1.165) is 19.4 Å². The third-order valence-electron chi connectivity index (χ3n) is 3.85. The topological polar surface area (TPSA) is 55.4 Å². The zero-order valence-corrected chi connectivity index (χ0v) is 15.6. The van der Waals surface area contributed by atoms with Crippen LogP contribution in [-0.4, -0.2) is 29.4 Å². The summed E-state index contributed by atoms with van der Waals surface area (Å²) in [5.41, 5.74) is -1.19. The first-order valence-electron chi connectivity index (χ1n) is 7.69. The van der Waals surface area contributed by atoms with Gasteiger partial charge in [-0.05, 0) is 18.4 Å². The normalized spacial score (nSPS) is 13.2. The fourth-order valence-corrected chi connectivity index (χ4v) is 2.35. The zero-order chi connectivity index (χ0) is 19.1. The van der Waals surface area contributed by atoms with Crippen molar-refractivity contribution in [2.24, 2.45) is 5.41 Å². The molecule has 0 aliphatic carbocycles. The summed E-state index contributed by atoms with van der Waals surface area (Å²) in [6, 6.07) is 7.88.